The number of nitrogens with zero attached hydrogens (tertiary/aromatic N) is 6. The molecule has 0 saturated heterocycles. The second kappa shape index (κ2) is 14.2. The van der Waals surface area contributed by atoms with Crippen molar-refractivity contribution in [1.82, 2.24) is 0 Å². The molecule has 0 bridgehead atoms. The Morgan fingerprint density at radius 1 is 0.464 bits per heavy atom. The van der Waals surface area contributed by atoms with E-state index in [1.165, 1.54) is 12.1 Å². The second-order valence-corrected chi connectivity index (χ2v) is 14.2. The maximum atomic E-state index is 9.81. The fourth-order valence-corrected chi connectivity index (χ4v) is 9.00. The van der Waals surface area contributed by atoms with Crippen LogP contribution in [0.25, 0.3) is 0 Å². The van der Waals surface area contributed by atoms with Gasteiger partial charge < -0.3 is 18.9 Å². The van der Waals surface area contributed by atoms with Crippen molar-refractivity contribution in [2.24, 2.45) is 5.92 Å². The zero-order chi connectivity index (χ0) is 38.9. The first-order valence-corrected chi connectivity index (χ1v) is 18.2. The van der Waals surface area contributed by atoms with Gasteiger partial charge in [0.1, 0.15) is 82.3 Å². The molecule has 2 aliphatic carbocycles. The molecular formula is C46H30N6O4. The van der Waals surface area contributed by atoms with Gasteiger partial charge in [0.2, 0.25) is 0 Å². The Bertz CT molecular complexity index is 2690. The lowest BCUT2D eigenvalue weighted by Gasteiger charge is -2.51. The molecule has 5 aromatic rings. The highest BCUT2D eigenvalue weighted by atomic mass is 16.5. The molecule has 0 amide bonds. The number of benzene rings is 5. The van der Waals surface area contributed by atoms with Gasteiger partial charge in [-0.2, -0.15) is 31.6 Å². The van der Waals surface area contributed by atoms with Gasteiger partial charge >= 0.3 is 0 Å². The minimum Gasteiger partial charge on any atom is -0.482 e. The quantitative estimate of drug-likeness (QED) is 0.156. The van der Waals surface area contributed by atoms with Crippen LogP contribution in [-0.4, -0.2) is 0 Å². The third-order valence-electron chi connectivity index (χ3n) is 11.4. The summed E-state index contributed by atoms with van der Waals surface area (Å²) < 4.78 is 26.5. The van der Waals surface area contributed by atoms with Crippen LogP contribution in [0.4, 0.5) is 0 Å². The summed E-state index contributed by atoms with van der Waals surface area (Å²) in [5, 5.41) is 57.4. The third-order valence-corrected chi connectivity index (χ3v) is 11.4. The predicted molar refractivity (Wildman–Crippen MR) is 201 cm³/mol. The van der Waals surface area contributed by atoms with E-state index in [0.29, 0.717) is 46.7 Å². The standard InChI is InChI=1S/C46H30N6O4/c47-23-29-5-8-35(18-32(29)26-50)53-38-12-14-41(42(21-38)55-37-10-7-31(25-49)34(20-37)28-52)46-17-3-4-44(46)45(15-1-2-16-45)40-13-11-39(22-43(40)56-46)54-36-9-6-30(24-48)33(19-36)27-51/h5-14,18-22,44H,1-4,15-17H2. The normalized spacial score (nSPS) is 18.3. The van der Waals surface area contributed by atoms with E-state index in [1.54, 1.807) is 48.5 Å². The molecule has 2 saturated carbocycles. The Morgan fingerprint density at radius 3 is 1.43 bits per heavy atom. The first kappa shape index (κ1) is 35.3. The molecule has 2 fully saturated rings. The van der Waals surface area contributed by atoms with E-state index in [9.17, 15) is 31.6 Å². The van der Waals surface area contributed by atoms with Crippen molar-refractivity contribution < 1.29 is 18.9 Å². The van der Waals surface area contributed by atoms with Crippen molar-refractivity contribution >= 4 is 0 Å². The van der Waals surface area contributed by atoms with Gasteiger partial charge in [0, 0.05) is 34.6 Å². The summed E-state index contributed by atoms with van der Waals surface area (Å²) in [5.41, 5.74) is 2.31. The highest BCUT2D eigenvalue weighted by Gasteiger charge is 2.61. The number of hydrogen-bond donors (Lipinski definition) is 0. The molecule has 10 nitrogen and oxygen atoms in total. The lowest BCUT2D eigenvalue weighted by Crippen LogP contribution is -2.51. The lowest BCUT2D eigenvalue weighted by atomic mass is 9.60. The van der Waals surface area contributed by atoms with Gasteiger partial charge in [-0.3, -0.25) is 0 Å². The fourth-order valence-electron chi connectivity index (χ4n) is 9.00. The van der Waals surface area contributed by atoms with Gasteiger partial charge in [0.25, 0.3) is 0 Å². The van der Waals surface area contributed by atoms with Crippen LogP contribution in [0.15, 0.2) is 91.0 Å². The van der Waals surface area contributed by atoms with Gasteiger partial charge in [-0.25, -0.2) is 0 Å². The van der Waals surface area contributed by atoms with Gasteiger partial charge in [-0.05, 0) is 105 Å². The number of rotatable bonds is 7. The second-order valence-electron chi connectivity index (χ2n) is 14.2. The van der Waals surface area contributed by atoms with Crippen LogP contribution in [0.3, 0.4) is 0 Å². The molecule has 0 aromatic heterocycles. The minimum atomic E-state index is -0.820. The molecular weight excluding hydrogens is 701 g/mol. The van der Waals surface area contributed by atoms with Crippen LogP contribution in [0, 0.1) is 73.9 Å². The highest BCUT2D eigenvalue weighted by molar-refractivity contribution is 5.57. The Balaban J connectivity index is 1.24. The molecule has 268 valence electrons. The smallest absolute Gasteiger partial charge is 0.141 e. The van der Waals surface area contributed by atoms with E-state index in [1.807, 2.05) is 42.5 Å². The number of nitriles is 6. The molecule has 1 heterocycles. The van der Waals surface area contributed by atoms with E-state index in [4.69, 9.17) is 18.9 Å². The highest BCUT2D eigenvalue weighted by Crippen LogP contribution is 2.66. The molecule has 3 aliphatic rings. The summed E-state index contributed by atoms with van der Waals surface area (Å²) in [4.78, 5) is 0. The van der Waals surface area contributed by atoms with E-state index >= 15 is 0 Å². The number of hydrogen-bond acceptors (Lipinski definition) is 10. The number of ether oxygens (including phenoxy) is 4. The monoisotopic (exact) mass is 730 g/mol. The largest absolute Gasteiger partial charge is 0.482 e. The minimum absolute atomic E-state index is 0.106. The first-order valence-electron chi connectivity index (χ1n) is 18.2. The van der Waals surface area contributed by atoms with Crippen molar-refractivity contribution in [1.29, 1.82) is 31.6 Å². The van der Waals surface area contributed by atoms with Crippen LogP contribution in [-0.2, 0) is 11.0 Å². The van der Waals surface area contributed by atoms with Crippen molar-refractivity contribution in [3.8, 4) is 76.7 Å². The summed E-state index contributed by atoms with van der Waals surface area (Å²) in [6.07, 6.45) is 6.72. The molecule has 0 N–H and O–H groups in total. The Labute approximate surface area is 323 Å². The Morgan fingerprint density at radius 2 is 0.911 bits per heavy atom. The molecule has 5 aromatic carbocycles. The summed E-state index contributed by atoms with van der Waals surface area (Å²) in [6, 6.07) is 38.1. The van der Waals surface area contributed by atoms with Crippen molar-refractivity contribution in [2.45, 2.75) is 56.0 Å². The van der Waals surface area contributed by atoms with E-state index < -0.39 is 5.60 Å². The van der Waals surface area contributed by atoms with Gasteiger partial charge in [0.05, 0.1) is 33.4 Å². The average molecular weight is 731 g/mol. The first-order chi connectivity index (χ1) is 27.4. The molecule has 1 spiro atoms. The zero-order valence-corrected chi connectivity index (χ0v) is 30.0. The fraction of sp³-hybridized carbons (Fsp3) is 0.217. The predicted octanol–water partition coefficient (Wildman–Crippen LogP) is 10.2. The molecule has 2 atom stereocenters. The van der Waals surface area contributed by atoms with E-state index in [2.05, 4.69) is 24.3 Å². The average Bonchev–Trinajstić information content (AvgIpc) is 3.90. The molecule has 10 heteroatoms. The maximum absolute atomic E-state index is 9.81. The summed E-state index contributed by atoms with van der Waals surface area (Å²) in [7, 11) is 0. The van der Waals surface area contributed by atoms with Crippen molar-refractivity contribution in [2.75, 3.05) is 0 Å². The van der Waals surface area contributed by atoms with Crippen LogP contribution in [0.2, 0.25) is 0 Å². The molecule has 8 rings (SSSR count). The lowest BCUT2D eigenvalue weighted by molar-refractivity contribution is -0.0363. The number of fused-ring (bicyclic) bond motifs is 4. The van der Waals surface area contributed by atoms with Gasteiger partial charge in [0.15, 0.2) is 0 Å². The van der Waals surface area contributed by atoms with Crippen LogP contribution >= 0.6 is 0 Å². The third kappa shape index (κ3) is 5.94. The van der Waals surface area contributed by atoms with Gasteiger partial charge in [-0.15, -0.1) is 0 Å². The van der Waals surface area contributed by atoms with Crippen LogP contribution < -0.4 is 18.9 Å². The van der Waals surface area contributed by atoms with Crippen LogP contribution in [0.5, 0.6) is 40.2 Å². The summed E-state index contributed by atoms with van der Waals surface area (Å²) >= 11 is 0. The van der Waals surface area contributed by atoms with E-state index in [-0.39, 0.29) is 44.7 Å². The van der Waals surface area contributed by atoms with E-state index in [0.717, 1.165) is 49.7 Å². The summed E-state index contributed by atoms with van der Waals surface area (Å²) in [5.74, 6) is 3.35. The topological polar surface area (TPSA) is 180 Å². The van der Waals surface area contributed by atoms with Crippen molar-refractivity contribution in [3.05, 3.63) is 136 Å². The Hall–Kier alpha value is -7.76. The maximum Gasteiger partial charge on any atom is 0.141 e. The molecule has 0 radical (unpaired) electrons. The molecule has 56 heavy (non-hydrogen) atoms. The van der Waals surface area contributed by atoms with Crippen molar-refractivity contribution in [3.63, 3.8) is 0 Å². The molecule has 1 aliphatic heterocycles. The Kier molecular flexibility index (Phi) is 8.97. The van der Waals surface area contributed by atoms with Gasteiger partial charge in [-0.1, -0.05) is 18.9 Å². The molecule has 2 unspecified atom stereocenters. The SMILES string of the molecule is N#Cc1ccc(Oc2ccc3c(c2)OC2(c4ccc(Oc5ccc(C#N)c(C#N)c5)cc4Oc4ccc(C#N)c(C#N)c4)CCCC2C32CCCC2)cc1C#N. The van der Waals surface area contributed by atoms with Crippen LogP contribution in [0.1, 0.15) is 89.5 Å². The summed E-state index contributed by atoms with van der Waals surface area (Å²) in [6.45, 7) is 0. The zero-order valence-electron chi connectivity index (χ0n) is 30.0.